The van der Waals surface area contributed by atoms with Crippen LogP contribution in [0, 0.1) is 27.2 Å². The zero-order valence-electron chi connectivity index (χ0n) is 27.0. The minimum Gasteiger partial charge on any atom is -0.504 e. The van der Waals surface area contributed by atoms with Crippen LogP contribution in [0.1, 0.15) is 36.8 Å². The van der Waals surface area contributed by atoms with Crippen molar-refractivity contribution in [2.24, 2.45) is 23.7 Å². The predicted molar refractivity (Wildman–Crippen MR) is 197 cm³/mol. The molecule has 2 aliphatic heterocycles. The number of anilines is 2. The number of ether oxygens (including phenoxy) is 1. The quantitative estimate of drug-likeness (QED) is 0.124. The van der Waals surface area contributed by atoms with Gasteiger partial charge in [-0.05, 0) is 114 Å². The molecule has 2 saturated heterocycles. The lowest BCUT2D eigenvalue weighted by atomic mass is 9.49. The highest BCUT2D eigenvalue weighted by Crippen LogP contribution is 2.65. The second-order valence-electron chi connectivity index (χ2n) is 13.2. The standard InChI is InChI=1S/C40H32ClIN2O6/c1-2-50-33-19-22(11-18-32(33)45)35-28-16-17-29-34(38(48)43(36(29)46)26-14-12-25(42)13-15-26)30(28)21-31-37(47)44(27-10-6-9-24(41)20-27)39(49)40(31,35)23-7-4-3-5-8-23/h3-16,18-20,29-31,34-35,45H,2,17,21H2,1H3. The number of hydrogen-bond donors (Lipinski definition) is 1. The lowest BCUT2D eigenvalue weighted by Crippen LogP contribution is -2.53. The molecule has 0 spiro atoms. The van der Waals surface area contributed by atoms with E-state index in [0.717, 1.165) is 9.14 Å². The van der Waals surface area contributed by atoms with E-state index in [2.05, 4.69) is 22.6 Å². The van der Waals surface area contributed by atoms with E-state index in [1.165, 1.54) is 9.80 Å². The van der Waals surface area contributed by atoms with Gasteiger partial charge in [0.05, 0.1) is 41.2 Å². The van der Waals surface area contributed by atoms with E-state index in [0.29, 0.717) is 40.6 Å². The Labute approximate surface area is 307 Å². The number of rotatable bonds is 6. The topological polar surface area (TPSA) is 104 Å². The average Bonchev–Trinajstić information content (AvgIpc) is 3.51. The molecule has 252 valence electrons. The summed E-state index contributed by atoms with van der Waals surface area (Å²) in [4.78, 5) is 61.3. The zero-order valence-corrected chi connectivity index (χ0v) is 29.9. The third-order valence-corrected chi connectivity index (χ3v) is 11.8. The Bertz CT molecular complexity index is 2100. The average molecular weight is 799 g/mol. The van der Waals surface area contributed by atoms with Gasteiger partial charge < -0.3 is 9.84 Å². The largest absolute Gasteiger partial charge is 0.504 e. The maximum Gasteiger partial charge on any atom is 0.246 e. The van der Waals surface area contributed by atoms with E-state index < -0.39 is 40.9 Å². The fourth-order valence-corrected chi connectivity index (χ4v) is 9.49. The van der Waals surface area contributed by atoms with Crippen LogP contribution >= 0.6 is 34.2 Å². The second kappa shape index (κ2) is 12.4. The van der Waals surface area contributed by atoms with Crippen LogP contribution in [0.2, 0.25) is 5.02 Å². The summed E-state index contributed by atoms with van der Waals surface area (Å²) >= 11 is 8.59. The molecule has 1 saturated carbocycles. The Morgan fingerprint density at radius 1 is 0.840 bits per heavy atom. The van der Waals surface area contributed by atoms with Crippen molar-refractivity contribution in [3.05, 3.63) is 128 Å². The summed E-state index contributed by atoms with van der Waals surface area (Å²) in [5, 5.41) is 11.1. The first-order chi connectivity index (χ1) is 24.2. The van der Waals surface area contributed by atoms with E-state index >= 15 is 4.79 Å². The Kier molecular flexibility index (Phi) is 8.10. The Morgan fingerprint density at radius 2 is 1.60 bits per heavy atom. The monoisotopic (exact) mass is 798 g/mol. The molecule has 4 aliphatic rings. The number of hydrogen-bond acceptors (Lipinski definition) is 6. The third-order valence-electron chi connectivity index (χ3n) is 10.9. The van der Waals surface area contributed by atoms with Crippen LogP contribution in [0.15, 0.2) is 109 Å². The molecule has 3 fully saturated rings. The molecule has 8 rings (SSSR count). The molecule has 50 heavy (non-hydrogen) atoms. The van der Waals surface area contributed by atoms with E-state index in [4.69, 9.17) is 16.3 Å². The van der Waals surface area contributed by atoms with Gasteiger partial charge in [0.1, 0.15) is 0 Å². The number of aromatic hydroxyl groups is 1. The molecule has 0 aromatic heterocycles. The molecule has 6 atom stereocenters. The summed E-state index contributed by atoms with van der Waals surface area (Å²) in [5.41, 5.74) is 1.62. The maximum absolute atomic E-state index is 15.4. The number of phenolic OH excluding ortho intramolecular Hbond substituents is 1. The van der Waals surface area contributed by atoms with Crippen LogP contribution in [-0.4, -0.2) is 35.3 Å². The molecular formula is C40H32ClIN2O6. The van der Waals surface area contributed by atoms with Crippen molar-refractivity contribution in [2.45, 2.75) is 31.1 Å². The normalized spacial score (nSPS) is 27.2. The summed E-state index contributed by atoms with van der Waals surface area (Å²) in [6.45, 7) is 2.12. The third kappa shape index (κ3) is 4.76. The van der Waals surface area contributed by atoms with Crippen molar-refractivity contribution in [3.63, 3.8) is 0 Å². The predicted octanol–water partition coefficient (Wildman–Crippen LogP) is 7.42. The number of nitrogens with zero attached hydrogens (tertiary/aromatic N) is 2. The molecule has 6 unspecified atom stereocenters. The van der Waals surface area contributed by atoms with Gasteiger partial charge in [-0.25, -0.2) is 4.90 Å². The van der Waals surface area contributed by atoms with Crippen LogP contribution < -0.4 is 14.5 Å². The first-order valence-electron chi connectivity index (χ1n) is 16.6. The number of allylic oxidation sites excluding steroid dienone is 2. The van der Waals surface area contributed by atoms with Crippen molar-refractivity contribution >= 4 is 69.2 Å². The van der Waals surface area contributed by atoms with Gasteiger partial charge in [0, 0.05) is 14.5 Å². The number of halogens is 2. The Balaban J connectivity index is 1.36. The summed E-state index contributed by atoms with van der Waals surface area (Å²) in [5.74, 6) is -4.59. The van der Waals surface area contributed by atoms with Crippen molar-refractivity contribution < 1.29 is 29.0 Å². The summed E-state index contributed by atoms with van der Waals surface area (Å²) in [6.07, 6.45) is 2.52. The number of carbonyl (C=O) groups excluding carboxylic acids is 4. The van der Waals surface area contributed by atoms with Crippen LogP contribution in [0.4, 0.5) is 11.4 Å². The fourth-order valence-electron chi connectivity index (χ4n) is 8.94. The fraction of sp³-hybridized carbons (Fsp3) is 0.250. The summed E-state index contributed by atoms with van der Waals surface area (Å²) in [7, 11) is 0. The lowest BCUT2D eigenvalue weighted by Gasteiger charge is -2.50. The number of imide groups is 2. The van der Waals surface area contributed by atoms with Gasteiger partial charge in [-0.2, -0.15) is 0 Å². The smallest absolute Gasteiger partial charge is 0.246 e. The van der Waals surface area contributed by atoms with Crippen molar-refractivity contribution in [2.75, 3.05) is 16.4 Å². The number of phenols is 1. The van der Waals surface area contributed by atoms with Gasteiger partial charge >= 0.3 is 0 Å². The number of carbonyl (C=O) groups is 4. The van der Waals surface area contributed by atoms with Gasteiger partial charge in [-0.1, -0.05) is 65.7 Å². The number of fused-ring (bicyclic) bond motifs is 4. The van der Waals surface area contributed by atoms with Crippen LogP contribution in [-0.2, 0) is 24.6 Å². The van der Waals surface area contributed by atoms with E-state index in [-0.39, 0.29) is 35.6 Å². The Morgan fingerprint density at radius 3 is 2.32 bits per heavy atom. The molecule has 4 amide bonds. The van der Waals surface area contributed by atoms with Crippen molar-refractivity contribution in [1.82, 2.24) is 0 Å². The first-order valence-corrected chi connectivity index (χ1v) is 18.1. The second-order valence-corrected chi connectivity index (χ2v) is 14.9. The number of amides is 4. The van der Waals surface area contributed by atoms with Gasteiger partial charge in [-0.3, -0.25) is 24.1 Å². The molecule has 4 aromatic rings. The van der Waals surface area contributed by atoms with E-state index in [9.17, 15) is 19.5 Å². The SMILES string of the molecule is CCOc1cc(C2C3=CCC4C(=O)N(c5ccc(I)cc5)C(=O)C4C3CC3C(=O)N(c4cccc(Cl)c4)C(=O)C32c2ccccc2)ccc1O. The van der Waals surface area contributed by atoms with Gasteiger partial charge in [0.25, 0.3) is 0 Å². The molecule has 2 heterocycles. The van der Waals surface area contributed by atoms with E-state index in [1.807, 2.05) is 55.5 Å². The minimum absolute atomic E-state index is 0.0509. The van der Waals surface area contributed by atoms with Crippen LogP contribution in [0.3, 0.4) is 0 Å². The molecule has 2 aliphatic carbocycles. The van der Waals surface area contributed by atoms with Crippen LogP contribution in [0.5, 0.6) is 11.5 Å². The summed E-state index contributed by atoms with van der Waals surface area (Å²) < 4.78 is 6.81. The van der Waals surface area contributed by atoms with Gasteiger partial charge in [0.2, 0.25) is 23.6 Å². The van der Waals surface area contributed by atoms with Crippen LogP contribution in [0.25, 0.3) is 0 Å². The number of benzene rings is 4. The summed E-state index contributed by atoms with van der Waals surface area (Å²) in [6, 6.07) is 28.4. The van der Waals surface area contributed by atoms with Crippen molar-refractivity contribution in [3.8, 4) is 11.5 Å². The Hall–Kier alpha value is -4.48. The molecule has 0 radical (unpaired) electrons. The highest BCUT2D eigenvalue weighted by molar-refractivity contribution is 14.1. The van der Waals surface area contributed by atoms with Gasteiger partial charge in [-0.15, -0.1) is 0 Å². The maximum atomic E-state index is 15.4. The molecule has 0 bridgehead atoms. The van der Waals surface area contributed by atoms with Gasteiger partial charge in [0.15, 0.2) is 11.5 Å². The molecular weight excluding hydrogens is 767 g/mol. The highest BCUT2D eigenvalue weighted by Gasteiger charge is 2.70. The van der Waals surface area contributed by atoms with Crippen molar-refractivity contribution in [1.29, 1.82) is 0 Å². The zero-order chi connectivity index (χ0) is 34.9. The first kappa shape index (κ1) is 32.7. The minimum atomic E-state index is -1.42. The molecule has 4 aromatic carbocycles. The molecule has 1 N–H and O–H groups in total. The highest BCUT2D eigenvalue weighted by atomic mass is 127. The molecule has 8 nitrogen and oxygen atoms in total. The molecule has 10 heteroatoms. The van der Waals surface area contributed by atoms with E-state index in [1.54, 1.807) is 54.6 Å². The lowest BCUT2D eigenvalue weighted by molar-refractivity contribution is -0.127.